The van der Waals surface area contributed by atoms with E-state index in [4.69, 9.17) is 23.5 Å². The van der Waals surface area contributed by atoms with Crippen molar-refractivity contribution in [3.63, 3.8) is 0 Å². The van der Waals surface area contributed by atoms with E-state index in [1.165, 1.54) is 24.8 Å². The number of ether oxygens (including phenoxy) is 4. The van der Waals surface area contributed by atoms with Crippen LogP contribution in [0.25, 0.3) is 0 Å². The van der Waals surface area contributed by atoms with E-state index in [1.807, 2.05) is 18.2 Å². The van der Waals surface area contributed by atoms with Gasteiger partial charge >= 0.3 is 5.97 Å². The van der Waals surface area contributed by atoms with Gasteiger partial charge in [-0.05, 0) is 56.2 Å². The molecule has 2 fully saturated rings. The molecule has 1 saturated carbocycles. The normalized spacial score (nSPS) is 21.0. The number of methoxy groups -OCH3 is 2. The fraction of sp³-hybridized carbons (Fsp3) is 0.742. The van der Waals surface area contributed by atoms with Crippen LogP contribution in [0.2, 0.25) is 0 Å². The van der Waals surface area contributed by atoms with Crippen molar-refractivity contribution in [1.82, 2.24) is 9.80 Å². The predicted molar refractivity (Wildman–Crippen MR) is 163 cm³/mol. The van der Waals surface area contributed by atoms with E-state index >= 15 is 0 Å². The number of carbonyl (C=O) groups is 2. The molecule has 3 rings (SSSR count). The molecular formula is C31H50N2O9S. The summed E-state index contributed by atoms with van der Waals surface area (Å²) in [5, 5.41) is 0. The lowest BCUT2D eigenvalue weighted by molar-refractivity contribution is -0.148. The lowest BCUT2D eigenvalue weighted by Crippen LogP contribution is -2.46. The zero-order valence-electron chi connectivity index (χ0n) is 26.0. The lowest BCUT2D eigenvalue weighted by atomic mass is 9.91. The van der Waals surface area contributed by atoms with Gasteiger partial charge in [0.15, 0.2) is 11.5 Å². The van der Waals surface area contributed by atoms with Gasteiger partial charge in [-0.1, -0.05) is 31.7 Å². The Bertz CT molecular complexity index is 1130. The highest BCUT2D eigenvalue weighted by molar-refractivity contribution is 7.85. The Labute approximate surface area is 256 Å². The van der Waals surface area contributed by atoms with E-state index in [-0.39, 0.29) is 30.6 Å². The Morgan fingerprint density at radius 3 is 2.44 bits per heavy atom. The topological polar surface area (TPSA) is 132 Å². The molecule has 12 heteroatoms. The summed E-state index contributed by atoms with van der Waals surface area (Å²) >= 11 is 0. The summed E-state index contributed by atoms with van der Waals surface area (Å²) in [6.07, 6.45) is 9.91. The molecule has 1 aromatic carbocycles. The maximum Gasteiger partial charge on any atom is 0.306 e. The van der Waals surface area contributed by atoms with Gasteiger partial charge in [-0.2, -0.15) is 8.42 Å². The Morgan fingerprint density at radius 1 is 1.00 bits per heavy atom. The molecule has 1 heterocycles. The minimum atomic E-state index is -4.08. The van der Waals surface area contributed by atoms with Gasteiger partial charge in [0.1, 0.15) is 6.10 Å². The zero-order valence-corrected chi connectivity index (χ0v) is 26.8. The van der Waals surface area contributed by atoms with Crippen molar-refractivity contribution in [2.45, 2.75) is 95.3 Å². The smallest absolute Gasteiger partial charge is 0.306 e. The predicted octanol–water partition coefficient (Wildman–Crippen LogP) is 3.88. The second-order valence-electron chi connectivity index (χ2n) is 11.6. The number of hydrogen-bond acceptors (Lipinski definition) is 9. The second kappa shape index (κ2) is 17.8. The highest BCUT2D eigenvalue weighted by atomic mass is 32.2. The van der Waals surface area contributed by atoms with Crippen LogP contribution < -0.4 is 9.47 Å². The van der Waals surface area contributed by atoms with Crippen molar-refractivity contribution in [1.29, 1.82) is 0 Å². The van der Waals surface area contributed by atoms with Crippen molar-refractivity contribution in [3.8, 4) is 11.5 Å². The van der Waals surface area contributed by atoms with Crippen molar-refractivity contribution in [3.05, 3.63) is 23.8 Å². The Balaban J connectivity index is 1.31. The fourth-order valence-corrected chi connectivity index (χ4v) is 6.42. The first-order valence-electron chi connectivity index (χ1n) is 15.5. The summed E-state index contributed by atoms with van der Waals surface area (Å²) in [6.45, 7) is 2.27. The lowest BCUT2D eigenvalue weighted by Gasteiger charge is -2.37. The highest BCUT2D eigenvalue weighted by Crippen LogP contribution is 2.30. The third-order valence-electron chi connectivity index (χ3n) is 8.41. The van der Waals surface area contributed by atoms with Crippen molar-refractivity contribution in [2.75, 3.05) is 53.3 Å². The standard InChI is InChI=1S/C31H50N2O9S/c1-32(19-21-43(36,37)38)30(34)12-6-4-5-7-13-31(35)42-25-16-18-33(23-25)26-10-8-9-11-27(26)41-20-17-24-14-15-28(39-2)29(22-24)40-3/h14-15,22,25-27H,4-13,16-21,23H2,1-3H3,(H,36,37,38)/t25-,26-,27-/m1/s1. The van der Waals surface area contributed by atoms with Gasteiger partial charge in [0.2, 0.25) is 5.91 Å². The van der Waals surface area contributed by atoms with Gasteiger partial charge < -0.3 is 23.8 Å². The molecular weight excluding hydrogens is 576 g/mol. The van der Waals surface area contributed by atoms with Gasteiger partial charge in [0, 0.05) is 45.6 Å². The minimum absolute atomic E-state index is 0.0306. The van der Waals surface area contributed by atoms with Gasteiger partial charge in [0.05, 0.1) is 32.7 Å². The SMILES string of the molecule is COc1ccc(CCO[C@@H]2CCCC[C@H]2N2CC[C@@H](OC(=O)CCCCCCC(=O)N(C)CCS(=O)(=O)O)C2)cc1OC. The Kier molecular flexibility index (Phi) is 14.5. The number of hydrogen-bond donors (Lipinski definition) is 1. The highest BCUT2D eigenvalue weighted by Gasteiger charge is 2.36. The van der Waals surface area contributed by atoms with Gasteiger partial charge in [-0.25, -0.2) is 0 Å². The third kappa shape index (κ3) is 12.2. The molecule has 11 nitrogen and oxygen atoms in total. The summed E-state index contributed by atoms with van der Waals surface area (Å²) in [4.78, 5) is 28.3. The molecule has 1 N–H and O–H groups in total. The average Bonchev–Trinajstić information content (AvgIpc) is 3.45. The molecule has 1 aliphatic carbocycles. The monoisotopic (exact) mass is 626 g/mol. The number of nitrogens with zero attached hydrogens (tertiary/aromatic N) is 2. The molecule has 1 amide bonds. The molecule has 3 atom stereocenters. The first kappa shape index (κ1) is 35.1. The molecule has 43 heavy (non-hydrogen) atoms. The summed E-state index contributed by atoms with van der Waals surface area (Å²) in [6, 6.07) is 6.31. The molecule has 0 aromatic heterocycles. The Morgan fingerprint density at radius 2 is 1.72 bits per heavy atom. The van der Waals surface area contributed by atoms with E-state index in [2.05, 4.69) is 4.90 Å². The number of likely N-dealkylation sites (tertiary alicyclic amines) is 1. The molecule has 0 unspecified atom stereocenters. The average molecular weight is 627 g/mol. The maximum absolute atomic E-state index is 12.5. The van der Waals surface area contributed by atoms with Crippen LogP contribution in [-0.2, 0) is 35.6 Å². The molecule has 2 aliphatic rings. The van der Waals surface area contributed by atoms with Crippen LogP contribution in [0.15, 0.2) is 18.2 Å². The molecule has 1 saturated heterocycles. The molecule has 0 spiro atoms. The molecule has 0 radical (unpaired) electrons. The first-order chi connectivity index (χ1) is 20.6. The molecule has 244 valence electrons. The first-order valence-corrected chi connectivity index (χ1v) is 17.2. The third-order valence-corrected chi connectivity index (χ3v) is 9.11. The number of amides is 1. The summed E-state index contributed by atoms with van der Waals surface area (Å²) in [5.41, 5.74) is 1.15. The van der Waals surface area contributed by atoms with Crippen molar-refractivity contribution < 1.29 is 41.5 Å². The van der Waals surface area contributed by atoms with E-state index < -0.39 is 15.9 Å². The van der Waals surface area contributed by atoms with Gasteiger partial charge in [0.25, 0.3) is 10.1 Å². The fourth-order valence-electron chi connectivity index (χ4n) is 5.92. The van der Waals surface area contributed by atoms with Crippen LogP contribution in [0, 0.1) is 0 Å². The summed E-state index contributed by atoms with van der Waals surface area (Å²) in [7, 11) is 0.716. The Hall–Kier alpha value is -2.41. The van der Waals surface area contributed by atoms with Crippen molar-refractivity contribution >= 4 is 22.0 Å². The molecule has 1 aliphatic heterocycles. The van der Waals surface area contributed by atoms with E-state index in [9.17, 15) is 18.0 Å². The van der Waals surface area contributed by atoms with Crippen LogP contribution >= 0.6 is 0 Å². The maximum atomic E-state index is 12.5. The van der Waals surface area contributed by atoms with Crippen LogP contribution in [0.1, 0.15) is 76.2 Å². The number of benzene rings is 1. The van der Waals surface area contributed by atoms with E-state index in [0.717, 1.165) is 68.7 Å². The van der Waals surface area contributed by atoms with E-state index in [0.29, 0.717) is 38.3 Å². The quantitative estimate of drug-likeness (QED) is 0.145. The van der Waals surface area contributed by atoms with Crippen LogP contribution in [-0.4, -0.2) is 106 Å². The largest absolute Gasteiger partial charge is 0.493 e. The number of carbonyl (C=O) groups excluding carboxylic acids is 2. The van der Waals surface area contributed by atoms with Crippen LogP contribution in [0.3, 0.4) is 0 Å². The number of esters is 1. The summed E-state index contributed by atoms with van der Waals surface area (Å²) in [5.74, 6) is 0.654. The van der Waals surface area contributed by atoms with Crippen LogP contribution in [0.4, 0.5) is 0 Å². The second-order valence-corrected chi connectivity index (χ2v) is 13.2. The van der Waals surface area contributed by atoms with Crippen molar-refractivity contribution in [2.24, 2.45) is 0 Å². The summed E-state index contributed by atoms with van der Waals surface area (Å²) < 4.78 is 53.4. The minimum Gasteiger partial charge on any atom is -0.493 e. The van der Waals surface area contributed by atoms with Gasteiger partial charge in [-0.15, -0.1) is 0 Å². The van der Waals surface area contributed by atoms with Gasteiger partial charge in [-0.3, -0.25) is 19.0 Å². The number of rotatable bonds is 18. The zero-order chi connectivity index (χ0) is 31.2. The number of unbranched alkanes of at least 4 members (excludes halogenated alkanes) is 3. The van der Waals surface area contributed by atoms with Crippen LogP contribution in [0.5, 0.6) is 11.5 Å². The molecule has 0 bridgehead atoms. The molecule has 1 aromatic rings. The van der Waals surface area contributed by atoms with E-state index in [1.54, 1.807) is 14.2 Å².